The number of benzene rings is 2. The largest absolute Gasteiger partial charge is 0.497 e. The fraction of sp³-hybridized carbons (Fsp3) is 0.350. The van der Waals surface area contributed by atoms with E-state index in [1.165, 1.54) is 5.56 Å². The zero-order chi connectivity index (χ0) is 16.1. The third kappa shape index (κ3) is 3.92. The van der Waals surface area contributed by atoms with Crippen LogP contribution in [0.2, 0.25) is 0 Å². The molecule has 2 aromatic rings. The molecule has 1 aliphatic rings. The number of hydrogen-bond donors (Lipinski definition) is 0. The molecule has 0 N–H and O–H groups in total. The molecule has 3 rings (SSSR count). The summed E-state index contributed by atoms with van der Waals surface area (Å²) in [6.07, 6.45) is 2.55. The van der Waals surface area contributed by atoms with Gasteiger partial charge in [0.1, 0.15) is 5.75 Å². The third-order valence-corrected chi connectivity index (χ3v) is 4.61. The van der Waals surface area contributed by atoms with Gasteiger partial charge < -0.3 is 9.64 Å². The Morgan fingerprint density at radius 1 is 1.09 bits per heavy atom. The van der Waals surface area contributed by atoms with Gasteiger partial charge in [-0.3, -0.25) is 4.79 Å². The SMILES string of the molecule is COc1cccc(CC(=O)N2CCC(c3ccccc3)CC2)c1. The van der Waals surface area contributed by atoms with Crippen LogP contribution in [0.3, 0.4) is 0 Å². The molecule has 0 saturated carbocycles. The number of ether oxygens (including phenoxy) is 1. The second-order valence-corrected chi connectivity index (χ2v) is 6.09. The lowest BCUT2D eigenvalue weighted by Crippen LogP contribution is -2.38. The normalized spacial score (nSPS) is 15.4. The second kappa shape index (κ2) is 7.32. The van der Waals surface area contributed by atoms with E-state index in [1.807, 2.05) is 29.2 Å². The topological polar surface area (TPSA) is 29.5 Å². The molecule has 1 amide bonds. The van der Waals surface area contributed by atoms with Crippen LogP contribution < -0.4 is 4.74 Å². The van der Waals surface area contributed by atoms with Gasteiger partial charge in [0.15, 0.2) is 0 Å². The number of amides is 1. The van der Waals surface area contributed by atoms with Crippen molar-refractivity contribution in [3.05, 3.63) is 65.7 Å². The first-order valence-electron chi connectivity index (χ1n) is 8.22. The molecule has 3 heteroatoms. The van der Waals surface area contributed by atoms with Crippen LogP contribution in [0.15, 0.2) is 54.6 Å². The van der Waals surface area contributed by atoms with Gasteiger partial charge >= 0.3 is 0 Å². The summed E-state index contributed by atoms with van der Waals surface area (Å²) in [5.74, 6) is 1.60. The van der Waals surface area contributed by atoms with Crippen molar-refractivity contribution < 1.29 is 9.53 Å². The summed E-state index contributed by atoms with van der Waals surface area (Å²) in [6, 6.07) is 18.4. The highest BCUT2D eigenvalue weighted by molar-refractivity contribution is 5.79. The fourth-order valence-electron chi connectivity index (χ4n) is 3.26. The summed E-state index contributed by atoms with van der Waals surface area (Å²) in [5, 5.41) is 0. The van der Waals surface area contributed by atoms with Gasteiger partial charge in [0.25, 0.3) is 0 Å². The summed E-state index contributed by atoms with van der Waals surface area (Å²) >= 11 is 0. The van der Waals surface area contributed by atoms with E-state index in [0.717, 1.165) is 37.2 Å². The van der Waals surface area contributed by atoms with E-state index in [4.69, 9.17) is 4.74 Å². The predicted octanol–water partition coefficient (Wildman–Crippen LogP) is 3.64. The average molecular weight is 309 g/mol. The standard InChI is InChI=1S/C20H23NO2/c1-23-19-9-5-6-16(14-19)15-20(22)21-12-10-18(11-13-21)17-7-3-2-4-8-17/h2-9,14,18H,10-13,15H2,1H3. The second-order valence-electron chi connectivity index (χ2n) is 6.09. The Labute approximate surface area is 137 Å². The van der Waals surface area contributed by atoms with Gasteiger partial charge in [-0.05, 0) is 42.0 Å². The first-order valence-corrected chi connectivity index (χ1v) is 8.22. The van der Waals surface area contributed by atoms with Crippen LogP contribution in [0.4, 0.5) is 0 Å². The van der Waals surface area contributed by atoms with Crippen LogP contribution in [-0.4, -0.2) is 31.0 Å². The Bertz CT molecular complexity index is 646. The van der Waals surface area contributed by atoms with Gasteiger partial charge in [-0.2, -0.15) is 0 Å². The lowest BCUT2D eigenvalue weighted by atomic mass is 9.89. The zero-order valence-electron chi connectivity index (χ0n) is 13.6. The molecule has 0 radical (unpaired) electrons. The zero-order valence-corrected chi connectivity index (χ0v) is 13.6. The maximum atomic E-state index is 12.5. The Morgan fingerprint density at radius 2 is 1.83 bits per heavy atom. The van der Waals surface area contributed by atoms with Crippen molar-refractivity contribution >= 4 is 5.91 Å². The summed E-state index contributed by atoms with van der Waals surface area (Å²) in [6.45, 7) is 1.70. The molecular formula is C20H23NO2. The van der Waals surface area contributed by atoms with E-state index in [-0.39, 0.29) is 5.91 Å². The van der Waals surface area contributed by atoms with Crippen molar-refractivity contribution in [2.45, 2.75) is 25.2 Å². The molecular weight excluding hydrogens is 286 g/mol. The maximum absolute atomic E-state index is 12.5. The smallest absolute Gasteiger partial charge is 0.226 e. The van der Waals surface area contributed by atoms with Crippen LogP contribution in [-0.2, 0) is 11.2 Å². The monoisotopic (exact) mass is 309 g/mol. The Hall–Kier alpha value is -2.29. The number of carbonyl (C=O) groups excluding carboxylic acids is 1. The molecule has 3 nitrogen and oxygen atoms in total. The number of nitrogens with zero attached hydrogens (tertiary/aromatic N) is 1. The number of hydrogen-bond acceptors (Lipinski definition) is 2. The molecule has 1 aliphatic heterocycles. The van der Waals surface area contributed by atoms with Crippen molar-refractivity contribution in [1.29, 1.82) is 0 Å². The van der Waals surface area contributed by atoms with Crippen LogP contribution in [0, 0.1) is 0 Å². The number of piperidine rings is 1. The Balaban J connectivity index is 1.56. The molecule has 0 spiro atoms. The first kappa shape index (κ1) is 15.6. The number of likely N-dealkylation sites (tertiary alicyclic amines) is 1. The van der Waals surface area contributed by atoms with Crippen LogP contribution in [0.25, 0.3) is 0 Å². The molecule has 0 atom stereocenters. The highest BCUT2D eigenvalue weighted by atomic mass is 16.5. The fourth-order valence-corrected chi connectivity index (χ4v) is 3.26. The highest BCUT2D eigenvalue weighted by Gasteiger charge is 2.23. The molecule has 1 saturated heterocycles. The minimum Gasteiger partial charge on any atom is -0.497 e. The van der Waals surface area contributed by atoms with Gasteiger partial charge in [0, 0.05) is 13.1 Å². The average Bonchev–Trinajstić information content (AvgIpc) is 2.63. The van der Waals surface area contributed by atoms with Crippen LogP contribution >= 0.6 is 0 Å². The van der Waals surface area contributed by atoms with E-state index in [0.29, 0.717) is 12.3 Å². The molecule has 120 valence electrons. The van der Waals surface area contributed by atoms with Gasteiger partial charge in [-0.1, -0.05) is 42.5 Å². The van der Waals surface area contributed by atoms with E-state index in [1.54, 1.807) is 7.11 Å². The van der Waals surface area contributed by atoms with Crippen molar-refractivity contribution in [2.75, 3.05) is 20.2 Å². The molecule has 2 aromatic carbocycles. The van der Waals surface area contributed by atoms with Gasteiger partial charge in [0.2, 0.25) is 5.91 Å². The summed E-state index contributed by atoms with van der Waals surface area (Å²) in [4.78, 5) is 14.5. The molecule has 0 aromatic heterocycles. The van der Waals surface area contributed by atoms with E-state index in [9.17, 15) is 4.79 Å². The van der Waals surface area contributed by atoms with Crippen molar-refractivity contribution in [3.63, 3.8) is 0 Å². The summed E-state index contributed by atoms with van der Waals surface area (Å²) in [7, 11) is 1.65. The first-order chi connectivity index (χ1) is 11.3. The number of methoxy groups -OCH3 is 1. The van der Waals surface area contributed by atoms with Crippen molar-refractivity contribution in [3.8, 4) is 5.75 Å². The van der Waals surface area contributed by atoms with Crippen molar-refractivity contribution in [2.24, 2.45) is 0 Å². The van der Waals surface area contributed by atoms with E-state index < -0.39 is 0 Å². The number of rotatable bonds is 4. The predicted molar refractivity (Wildman–Crippen MR) is 91.7 cm³/mol. The van der Waals surface area contributed by atoms with Gasteiger partial charge in [-0.15, -0.1) is 0 Å². The lowest BCUT2D eigenvalue weighted by Gasteiger charge is -2.32. The molecule has 0 bridgehead atoms. The Morgan fingerprint density at radius 3 is 2.52 bits per heavy atom. The molecule has 1 heterocycles. The molecule has 23 heavy (non-hydrogen) atoms. The molecule has 1 fully saturated rings. The van der Waals surface area contributed by atoms with Gasteiger partial charge in [-0.25, -0.2) is 0 Å². The maximum Gasteiger partial charge on any atom is 0.226 e. The summed E-state index contributed by atoms with van der Waals surface area (Å²) in [5.41, 5.74) is 2.41. The number of carbonyl (C=O) groups is 1. The van der Waals surface area contributed by atoms with Crippen LogP contribution in [0.5, 0.6) is 5.75 Å². The highest BCUT2D eigenvalue weighted by Crippen LogP contribution is 2.28. The quantitative estimate of drug-likeness (QED) is 0.863. The minimum absolute atomic E-state index is 0.213. The van der Waals surface area contributed by atoms with E-state index >= 15 is 0 Å². The van der Waals surface area contributed by atoms with Crippen LogP contribution in [0.1, 0.15) is 29.9 Å². The van der Waals surface area contributed by atoms with Gasteiger partial charge in [0.05, 0.1) is 13.5 Å². The third-order valence-electron chi connectivity index (χ3n) is 4.61. The Kier molecular flexibility index (Phi) is 4.96. The van der Waals surface area contributed by atoms with Crippen molar-refractivity contribution in [1.82, 2.24) is 4.90 Å². The minimum atomic E-state index is 0.213. The molecule has 0 aliphatic carbocycles. The van der Waals surface area contributed by atoms with E-state index in [2.05, 4.69) is 30.3 Å². The lowest BCUT2D eigenvalue weighted by molar-refractivity contribution is -0.131. The summed E-state index contributed by atoms with van der Waals surface area (Å²) < 4.78 is 5.22. The molecule has 0 unspecified atom stereocenters.